The second-order valence-corrected chi connectivity index (χ2v) is 7.92. The maximum absolute atomic E-state index is 12.1. The van der Waals surface area contributed by atoms with E-state index in [2.05, 4.69) is 15.9 Å². The van der Waals surface area contributed by atoms with E-state index < -0.39 is 10.2 Å². The molecule has 2 heterocycles. The molecular weight excluding hydrogens is 280 g/mol. The number of hydrogen-bond acceptors (Lipinski definition) is 2. The van der Waals surface area contributed by atoms with E-state index in [-0.39, 0.29) is 12.1 Å². The van der Waals surface area contributed by atoms with E-state index in [1.165, 1.54) is 4.31 Å². The van der Waals surface area contributed by atoms with Gasteiger partial charge in [0.1, 0.15) is 0 Å². The third kappa shape index (κ3) is 1.97. The number of fused-ring (bicyclic) bond motifs is 2. The van der Waals surface area contributed by atoms with E-state index >= 15 is 0 Å². The van der Waals surface area contributed by atoms with Gasteiger partial charge in [0, 0.05) is 31.0 Å². The van der Waals surface area contributed by atoms with Crippen LogP contribution in [0, 0.1) is 0 Å². The van der Waals surface area contributed by atoms with Crippen molar-refractivity contribution in [1.82, 2.24) is 8.61 Å². The molecule has 2 unspecified atom stereocenters. The molecule has 0 amide bonds. The molecule has 2 aliphatic rings. The zero-order chi connectivity index (χ0) is 11.2. The van der Waals surface area contributed by atoms with Gasteiger partial charge in [-0.2, -0.15) is 17.0 Å². The molecule has 0 N–H and O–H groups in total. The van der Waals surface area contributed by atoms with Crippen molar-refractivity contribution in [2.24, 2.45) is 0 Å². The van der Waals surface area contributed by atoms with Gasteiger partial charge in [-0.25, -0.2) is 0 Å². The molecule has 4 nitrogen and oxygen atoms in total. The lowest BCUT2D eigenvalue weighted by atomic mass is 10.1. The van der Waals surface area contributed by atoms with Crippen molar-refractivity contribution >= 4 is 26.1 Å². The second kappa shape index (κ2) is 3.98. The van der Waals surface area contributed by atoms with Crippen LogP contribution in [-0.2, 0) is 10.2 Å². The van der Waals surface area contributed by atoms with E-state index in [0.717, 1.165) is 25.7 Å². The maximum atomic E-state index is 12.1. The molecule has 0 saturated carbocycles. The quantitative estimate of drug-likeness (QED) is 0.718. The van der Waals surface area contributed by atoms with E-state index in [1.807, 2.05) is 0 Å². The van der Waals surface area contributed by atoms with E-state index in [1.54, 1.807) is 18.4 Å². The van der Waals surface area contributed by atoms with Crippen LogP contribution >= 0.6 is 15.9 Å². The van der Waals surface area contributed by atoms with Crippen molar-refractivity contribution in [3.8, 4) is 0 Å². The first-order chi connectivity index (χ1) is 6.93. The van der Waals surface area contributed by atoms with Crippen molar-refractivity contribution in [3.63, 3.8) is 0 Å². The molecule has 2 saturated heterocycles. The Morgan fingerprint density at radius 3 is 2.07 bits per heavy atom. The lowest BCUT2D eigenvalue weighted by Gasteiger charge is -2.37. The average molecular weight is 297 g/mol. The number of halogens is 1. The third-order valence-electron chi connectivity index (χ3n) is 3.34. The Labute approximate surface area is 99.9 Å². The van der Waals surface area contributed by atoms with Crippen LogP contribution in [0.1, 0.15) is 25.7 Å². The molecule has 2 bridgehead atoms. The van der Waals surface area contributed by atoms with Crippen molar-refractivity contribution in [2.45, 2.75) is 42.6 Å². The highest BCUT2D eigenvalue weighted by Crippen LogP contribution is 2.40. The Morgan fingerprint density at radius 2 is 1.67 bits per heavy atom. The molecule has 15 heavy (non-hydrogen) atoms. The van der Waals surface area contributed by atoms with Crippen LogP contribution in [0.4, 0.5) is 0 Å². The van der Waals surface area contributed by atoms with Crippen LogP contribution in [-0.4, -0.2) is 48.0 Å². The molecule has 2 rings (SSSR count). The van der Waals surface area contributed by atoms with Crippen molar-refractivity contribution in [3.05, 3.63) is 0 Å². The summed E-state index contributed by atoms with van der Waals surface area (Å²) in [6.45, 7) is 0. The summed E-state index contributed by atoms with van der Waals surface area (Å²) in [6.07, 6.45) is 3.92. The SMILES string of the molecule is CN(C)S(=O)(=O)N1C2CCC1CC(Br)C2. The Bertz CT molecular complexity index is 330. The molecule has 0 radical (unpaired) electrons. The summed E-state index contributed by atoms with van der Waals surface area (Å²) in [5, 5.41) is 0. The highest BCUT2D eigenvalue weighted by atomic mass is 79.9. The number of hydrogen-bond donors (Lipinski definition) is 0. The molecular formula is C9H17BrN2O2S. The number of alkyl halides is 1. The van der Waals surface area contributed by atoms with Crippen LogP contribution in [0.15, 0.2) is 0 Å². The molecule has 0 aliphatic carbocycles. The minimum absolute atomic E-state index is 0.209. The van der Waals surface area contributed by atoms with Crippen molar-refractivity contribution in [1.29, 1.82) is 0 Å². The van der Waals surface area contributed by atoms with Crippen LogP contribution < -0.4 is 0 Å². The summed E-state index contributed by atoms with van der Waals surface area (Å²) < 4.78 is 27.2. The maximum Gasteiger partial charge on any atom is 0.281 e. The zero-order valence-corrected chi connectivity index (χ0v) is 11.5. The van der Waals surface area contributed by atoms with Gasteiger partial charge in [-0.3, -0.25) is 0 Å². The largest absolute Gasteiger partial charge is 0.281 e. The van der Waals surface area contributed by atoms with Gasteiger partial charge in [0.15, 0.2) is 0 Å². The summed E-state index contributed by atoms with van der Waals surface area (Å²) in [7, 11) is -0.00113. The summed E-state index contributed by atoms with van der Waals surface area (Å²) in [4.78, 5) is 0.489. The Morgan fingerprint density at radius 1 is 1.20 bits per heavy atom. The van der Waals surface area contributed by atoms with Crippen LogP contribution in [0.25, 0.3) is 0 Å². The Balaban J connectivity index is 2.26. The van der Waals surface area contributed by atoms with Crippen LogP contribution in [0.3, 0.4) is 0 Å². The lowest BCUT2D eigenvalue weighted by molar-refractivity contribution is 0.241. The molecule has 2 atom stereocenters. The molecule has 2 fully saturated rings. The van der Waals surface area contributed by atoms with Crippen LogP contribution in [0.2, 0.25) is 0 Å². The number of rotatable bonds is 2. The fourth-order valence-corrected chi connectivity index (χ4v) is 5.01. The van der Waals surface area contributed by atoms with Crippen molar-refractivity contribution in [2.75, 3.05) is 14.1 Å². The number of piperidine rings is 1. The molecule has 0 aromatic rings. The summed E-state index contributed by atoms with van der Waals surface area (Å²) in [6, 6.07) is 0.418. The van der Waals surface area contributed by atoms with Crippen molar-refractivity contribution < 1.29 is 8.42 Å². The summed E-state index contributed by atoms with van der Waals surface area (Å²) in [5.74, 6) is 0. The van der Waals surface area contributed by atoms with Gasteiger partial charge in [-0.05, 0) is 25.7 Å². The first-order valence-electron chi connectivity index (χ1n) is 5.28. The normalized spacial score (nSPS) is 37.5. The van der Waals surface area contributed by atoms with Gasteiger partial charge >= 0.3 is 0 Å². The zero-order valence-electron chi connectivity index (χ0n) is 9.06. The first kappa shape index (κ1) is 11.8. The molecule has 2 aliphatic heterocycles. The van der Waals surface area contributed by atoms with E-state index in [0.29, 0.717) is 4.83 Å². The summed E-state index contributed by atoms with van der Waals surface area (Å²) in [5.41, 5.74) is 0. The predicted octanol–water partition coefficient (Wildman–Crippen LogP) is 1.18. The fourth-order valence-electron chi connectivity index (χ4n) is 2.63. The standard InChI is InChI=1S/C9H17BrN2O2S/c1-11(2)15(13,14)12-8-3-4-9(12)6-7(10)5-8/h7-9H,3-6H2,1-2H3. The van der Waals surface area contributed by atoms with E-state index in [9.17, 15) is 8.42 Å². The Kier molecular flexibility index (Phi) is 3.14. The van der Waals surface area contributed by atoms with Crippen LogP contribution in [0.5, 0.6) is 0 Å². The van der Waals surface area contributed by atoms with Gasteiger partial charge in [0.2, 0.25) is 0 Å². The first-order valence-corrected chi connectivity index (χ1v) is 7.59. The Hall–Kier alpha value is 0.350. The molecule has 0 aromatic heterocycles. The second-order valence-electron chi connectivity index (χ2n) is 4.57. The predicted molar refractivity (Wildman–Crippen MR) is 63.2 cm³/mol. The fraction of sp³-hybridized carbons (Fsp3) is 1.00. The van der Waals surface area contributed by atoms with Gasteiger partial charge in [0.25, 0.3) is 10.2 Å². The topological polar surface area (TPSA) is 40.6 Å². The minimum atomic E-state index is -3.21. The van der Waals surface area contributed by atoms with Gasteiger partial charge in [0.05, 0.1) is 0 Å². The van der Waals surface area contributed by atoms with Gasteiger partial charge in [-0.15, -0.1) is 0 Å². The minimum Gasteiger partial charge on any atom is -0.195 e. The molecule has 0 aromatic carbocycles. The third-order valence-corrected chi connectivity index (χ3v) is 6.14. The van der Waals surface area contributed by atoms with Gasteiger partial charge < -0.3 is 0 Å². The van der Waals surface area contributed by atoms with Gasteiger partial charge in [-0.1, -0.05) is 15.9 Å². The van der Waals surface area contributed by atoms with E-state index in [4.69, 9.17) is 0 Å². The average Bonchev–Trinajstić information content (AvgIpc) is 2.39. The smallest absolute Gasteiger partial charge is 0.195 e. The number of nitrogens with zero attached hydrogens (tertiary/aromatic N) is 2. The highest BCUT2D eigenvalue weighted by Gasteiger charge is 2.46. The molecule has 0 spiro atoms. The molecule has 6 heteroatoms. The summed E-state index contributed by atoms with van der Waals surface area (Å²) >= 11 is 3.61. The lowest BCUT2D eigenvalue weighted by Crippen LogP contribution is -2.50. The monoisotopic (exact) mass is 296 g/mol. The molecule has 88 valence electrons. The highest BCUT2D eigenvalue weighted by molar-refractivity contribution is 9.09.